The summed E-state index contributed by atoms with van der Waals surface area (Å²) in [6.45, 7) is 7.00. The van der Waals surface area contributed by atoms with Crippen LogP contribution < -0.4 is 0 Å². The van der Waals surface area contributed by atoms with Crippen molar-refractivity contribution in [1.82, 2.24) is 14.9 Å². The van der Waals surface area contributed by atoms with Crippen molar-refractivity contribution in [2.75, 3.05) is 0 Å². The number of benzene rings is 1. The fourth-order valence-corrected chi connectivity index (χ4v) is 2.40. The Morgan fingerprint density at radius 2 is 2.00 bits per heavy atom. The second-order valence-electron chi connectivity index (χ2n) is 5.03. The summed E-state index contributed by atoms with van der Waals surface area (Å²) in [6, 6.07) is 8.23. The molecule has 4 nitrogen and oxygen atoms in total. The van der Waals surface area contributed by atoms with Gasteiger partial charge >= 0.3 is 0 Å². The van der Waals surface area contributed by atoms with Gasteiger partial charge in [0.1, 0.15) is 0 Å². The fourth-order valence-electron chi connectivity index (χ4n) is 2.40. The average Bonchev–Trinajstić information content (AvgIpc) is 2.90. The van der Waals surface area contributed by atoms with Gasteiger partial charge in [-0.05, 0) is 39.0 Å². The molecule has 0 aliphatic carbocycles. The molecule has 0 aliphatic heterocycles. The van der Waals surface area contributed by atoms with E-state index in [1.54, 1.807) is 0 Å². The van der Waals surface area contributed by atoms with Gasteiger partial charge in [-0.2, -0.15) is 5.10 Å². The Kier molecular flexibility index (Phi) is 2.85. The maximum atomic E-state index is 5.35. The number of fused-ring (bicyclic) bond motifs is 1. The predicted octanol–water partition coefficient (Wildman–Crippen LogP) is 3.19. The third kappa shape index (κ3) is 2.26. The molecule has 0 fully saturated rings. The van der Waals surface area contributed by atoms with Gasteiger partial charge in [-0.15, -0.1) is 0 Å². The highest BCUT2D eigenvalue weighted by Crippen LogP contribution is 2.20. The molecular weight excluding hydrogens is 238 g/mol. The number of rotatable bonds is 3. The van der Waals surface area contributed by atoms with Crippen LogP contribution >= 0.6 is 0 Å². The highest BCUT2D eigenvalue weighted by atomic mass is 16.5. The minimum absolute atomic E-state index is 0.829. The lowest BCUT2D eigenvalue weighted by Gasteiger charge is -2.02. The molecule has 0 spiro atoms. The number of hydrogen-bond donors (Lipinski definition) is 0. The van der Waals surface area contributed by atoms with Gasteiger partial charge in [-0.1, -0.05) is 16.8 Å². The lowest BCUT2D eigenvalue weighted by molar-refractivity contribution is 0.441. The van der Waals surface area contributed by atoms with E-state index in [1.807, 2.05) is 23.7 Å². The molecule has 0 amide bonds. The van der Waals surface area contributed by atoms with E-state index in [4.69, 9.17) is 4.52 Å². The van der Waals surface area contributed by atoms with Crippen molar-refractivity contribution < 1.29 is 4.52 Å². The Labute approximate surface area is 112 Å². The van der Waals surface area contributed by atoms with Crippen molar-refractivity contribution in [1.29, 1.82) is 0 Å². The summed E-state index contributed by atoms with van der Waals surface area (Å²) in [5.74, 6) is 0. The van der Waals surface area contributed by atoms with Crippen molar-refractivity contribution in [2.24, 2.45) is 0 Å². The minimum atomic E-state index is 0.829. The van der Waals surface area contributed by atoms with E-state index in [1.165, 1.54) is 11.3 Å². The maximum absolute atomic E-state index is 5.35. The molecule has 4 heteroatoms. The molecule has 0 radical (unpaired) electrons. The van der Waals surface area contributed by atoms with E-state index >= 15 is 0 Å². The summed E-state index contributed by atoms with van der Waals surface area (Å²) in [5, 5.41) is 9.75. The van der Waals surface area contributed by atoms with Crippen LogP contribution in [-0.2, 0) is 13.0 Å². The van der Waals surface area contributed by atoms with Crippen molar-refractivity contribution in [3.63, 3.8) is 0 Å². The SMILES string of the molecule is Cc1ccc2onc(CCn3nc(C)cc3C)c2c1. The lowest BCUT2D eigenvalue weighted by Crippen LogP contribution is -2.05. The van der Waals surface area contributed by atoms with E-state index in [9.17, 15) is 0 Å². The number of hydrogen-bond acceptors (Lipinski definition) is 3. The summed E-state index contributed by atoms with van der Waals surface area (Å²) >= 11 is 0. The molecule has 3 aromatic rings. The van der Waals surface area contributed by atoms with Crippen LogP contribution in [-0.4, -0.2) is 14.9 Å². The molecular formula is C15H17N3O. The van der Waals surface area contributed by atoms with Crippen molar-refractivity contribution in [2.45, 2.75) is 33.7 Å². The molecule has 0 bridgehead atoms. The van der Waals surface area contributed by atoms with Gasteiger partial charge in [0.25, 0.3) is 0 Å². The number of aromatic nitrogens is 3. The van der Waals surface area contributed by atoms with E-state index in [-0.39, 0.29) is 0 Å². The zero-order chi connectivity index (χ0) is 13.4. The molecule has 0 atom stereocenters. The quantitative estimate of drug-likeness (QED) is 0.722. The molecule has 19 heavy (non-hydrogen) atoms. The summed E-state index contributed by atoms with van der Waals surface area (Å²) in [7, 11) is 0. The van der Waals surface area contributed by atoms with Gasteiger partial charge in [-0.25, -0.2) is 0 Å². The molecule has 2 heterocycles. The van der Waals surface area contributed by atoms with Crippen LogP contribution in [0.15, 0.2) is 28.8 Å². The third-order valence-electron chi connectivity index (χ3n) is 3.36. The van der Waals surface area contributed by atoms with Gasteiger partial charge in [0.15, 0.2) is 5.58 Å². The van der Waals surface area contributed by atoms with Crippen LogP contribution in [0.25, 0.3) is 11.0 Å². The largest absolute Gasteiger partial charge is 0.356 e. The first-order valence-electron chi connectivity index (χ1n) is 6.49. The molecule has 0 unspecified atom stereocenters. The van der Waals surface area contributed by atoms with Gasteiger partial charge in [0.05, 0.1) is 11.4 Å². The van der Waals surface area contributed by atoms with Crippen molar-refractivity contribution in [3.8, 4) is 0 Å². The van der Waals surface area contributed by atoms with Crippen LogP contribution in [0.1, 0.15) is 22.6 Å². The second kappa shape index (κ2) is 4.53. The summed E-state index contributed by atoms with van der Waals surface area (Å²) in [6.07, 6.45) is 0.832. The Morgan fingerprint density at radius 3 is 2.74 bits per heavy atom. The lowest BCUT2D eigenvalue weighted by atomic mass is 10.1. The van der Waals surface area contributed by atoms with E-state index in [0.29, 0.717) is 0 Å². The first-order valence-corrected chi connectivity index (χ1v) is 6.49. The first kappa shape index (κ1) is 12.0. The van der Waals surface area contributed by atoms with Crippen LogP contribution in [0.3, 0.4) is 0 Å². The molecule has 0 saturated heterocycles. The average molecular weight is 255 g/mol. The molecule has 98 valence electrons. The van der Waals surface area contributed by atoms with E-state index in [2.05, 4.69) is 36.2 Å². The van der Waals surface area contributed by atoms with Crippen molar-refractivity contribution >= 4 is 11.0 Å². The fraction of sp³-hybridized carbons (Fsp3) is 0.333. The standard InChI is InChI=1S/C15H17N3O/c1-10-4-5-15-13(8-10)14(17-19-15)6-7-18-12(3)9-11(2)16-18/h4-5,8-9H,6-7H2,1-3H3. The van der Waals surface area contributed by atoms with Gasteiger partial charge in [0, 0.05) is 24.0 Å². The zero-order valence-corrected chi connectivity index (χ0v) is 11.5. The maximum Gasteiger partial charge on any atom is 0.167 e. The normalized spacial score (nSPS) is 11.3. The van der Waals surface area contributed by atoms with Crippen LogP contribution in [0, 0.1) is 20.8 Å². The Balaban J connectivity index is 1.85. The van der Waals surface area contributed by atoms with Crippen molar-refractivity contribution in [3.05, 3.63) is 46.9 Å². The van der Waals surface area contributed by atoms with Gasteiger partial charge in [-0.3, -0.25) is 4.68 Å². The summed E-state index contributed by atoms with van der Waals surface area (Å²) in [5.41, 5.74) is 5.32. The molecule has 0 aliphatic rings. The third-order valence-corrected chi connectivity index (χ3v) is 3.36. The zero-order valence-electron chi connectivity index (χ0n) is 11.5. The molecule has 1 aromatic carbocycles. The predicted molar refractivity (Wildman–Crippen MR) is 74.2 cm³/mol. The number of aryl methyl sites for hydroxylation is 5. The molecule has 0 saturated carbocycles. The van der Waals surface area contributed by atoms with Crippen LogP contribution in [0.5, 0.6) is 0 Å². The number of nitrogens with zero attached hydrogens (tertiary/aromatic N) is 3. The Bertz CT molecular complexity index is 724. The van der Waals surface area contributed by atoms with Gasteiger partial charge < -0.3 is 4.52 Å². The minimum Gasteiger partial charge on any atom is -0.356 e. The van der Waals surface area contributed by atoms with Crippen LogP contribution in [0.4, 0.5) is 0 Å². The van der Waals surface area contributed by atoms with E-state index in [0.717, 1.165) is 35.3 Å². The van der Waals surface area contributed by atoms with E-state index < -0.39 is 0 Å². The summed E-state index contributed by atoms with van der Waals surface area (Å²) in [4.78, 5) is 0. The molecule has 0 N–H and O–H groups in total. The Hall–Kier alpha value is -2.10. The van der Waals surface area contributed by atoms with Gasteiger partial charge in [0.2, 0.25) is 0 Å². The van der Waals surface area contributed by atoms with Crippen LogP contribution in [0.2, 0.25) is 0 Å². The highest BCUT2D eigenvalue weighted by molar-refractivity contribution is 5.80. The first-order chi connectivity index (χ1) is 9.13. The second-order valence-corrected chi connectivity index (χ2v) is 5.03. The topological polar surface area (TPSA) is 43.9 Å². The molecule has 2 aromatic heterocycles. The molecule has 3 rings (SSSR count). The monoisotopic (exact) mass is 255 g/mol. The highest BCUT2D eigenvalue weighted by Gasteiger charge is 2.09. The summed E-state index contributed by atoms with van der Waals surface area (Å²) < 4.78 is 7.37. The Morgan fingerprint density at radius 1 is 1.16 bits per heavy atom. The smallest absolute Gasteiger partial charge is 0.167 e.